The molecule has 7 nitrogen and oxygen atoms in total. The number of halogens is 4. The van der Waals surface area contributed by atoms with E-state index in [4.69, 9.17) is 16.1 Å². The standard InChI is InChI=1S/C19H24ClF3N6O/c1-3-24-18(29-9-7-28(8-10-29)13(2)19(21,22)23)25-12-16-26-17(27-30-16)14-5-4-6-15(20)11-14/h4-6,11,13H,3,7-10,12H2,1-2H3,(H,24,25). The summed E-state index contributed by atoms with van der Waals surface area (Å²) < 4.78 is 44.1. The van der Waals surface area contributed by atoms with Crippen molar-refractivity contribution in [3.63, 3.8) is 0 Å². The maximum atomic E-state index is 12.9. The molecular formula is C19H24ClF3N6O. The van der Waals surface area contributed by atoms with Gasteiger partial charge in [0, 0.05) is 43.3 Å². The molecule has 1 fully saturated rings. The van der Waals surface area contributed by atoms with Crippen LogP contribution >= 0.6 is 11.6 Å². The molecule has 1 saturated heterocycles. The van der Waals surface area contributed by atoms with Gasteiger partial charge in [-0.05, 0) is 26.0 Å². The molecule has 2 aromatic rings. The van der Waals surface area contributed by atoms with Gasteiger partial charge >= 0.3 is 6.18 Å². The minimum atomic E-state index is -4.22. The van der Waals surface area contributed by atoms with Crippen molar-refractivity contribution in [2.24, 2.45) is 4.99 Å². The summed E-state index contributed by atoms with van der Waals surface area (Å²) in [6.45, 7) is 5.44. The maximum Gasteiger partial charge on any atom is 0.403 e. The average Bonchev–Trinajstić information content (AvgIpc) is 3.19. The van der Waals surface area contributed by atoms with Gasteiger partial charge in [0.1, 0.15) is 12.6 Å². The summed E-state index contributed by atoms with van der Waals surface area (Å²) >= 11 is 5.99. The molecule has 0 bridgehead atoms. The van der Waals surface area contributed by atoms with Gasteiger partial charge in [0.15, 0.2) is 5.96 Å². The first-order valence-corrected chi connectivity index (χ1v) is 10.1. The molecule has 0 saturated carbocycles. The zero-order valence-electron chi connectivity index (χ0n) is 16.8. The van der Waals surface area contributed by atoms with Crippen LogP contribution in [-0.4, -0.2) is 70.8 Å². The molecule has 30 heavy (non-hydrogen) atoms. The Bertz CT molecular complexity index is 864. The number of nitrogens with one attached hydrogen (secondary N) is 1. The van der Waals surface area contributed by atoms with E-state index in [9.17, 15) is 13.2 Å². The third kappa shape index (κ3) is 5.63. The molecule has 1 N–H and O–H groups in total. The van der Waals surface area contributed by atoms with Crippen LogP contribution in [0.4, 0.5) is 13.2 Å². The Morgan fingerprint density at radius 2 is 2.03 bits per heavy atom. The smallest absolute Gasteiger partial charge is 0.357 e. The van der Waals surface area contributed by atoms with E-state index in [2.05, 4.69) is 20.4 Å². The summed E-state index contributed by atoms with van der Waals surface area (Å²) in [6, 6.07) is 5.67. The fourth-order valence-electron chi connectivity index (χ4n) is 3.16. The molecule has 164 valence electrons. The highest BCUT2D eigenvalue weighted by Crippen LogP contribution is 2.25. The van der Waals surface area contributed by atoms with Gasteiger partial charge in [-0.15, -0.1) is 0 Å². The van der Waals surface area contributed by atoms with Gasteiger partial charge in [-0.1, -0.05) is 28.9 Å². The van der Waals surface area contributed by atoms with Crippen LogP contribution in [0.1, 0.15) is 19.7 Å². The lowest BCUT2D eigenvalue weighted by atomic mass is 10.2. The summed E-state index contributed by atoms with van der Waals surface area (Å²) in [7, 11) is 0. The Labute approximate surface area is 177 Å². The van der Waals surface area contributed by atoms with Crippen molar-refractivity contribution < 1.29 is 17.7 Å². The highest BCUT2D eigenvalue weighted by atomic mass is 35.5. The van der Waals surface area contributed by atoms with Crippen molar-refractivity contribution >= 4 is 17.6 Å². The third-order valence-corrected chi connectivity index (χ3v) is 5.12. The zero-order chi connectivity index (χ0) is 21.7. The van der Waals surface area contributed by atoms with Crippen molar-refractivity contribution in [3.05, 3.63) is 35.2 Å². The van der Waals surface area contributed by atoms with E-state index in [1.165, 1.54) is 11.8 Å². The van der Waals surface area contributed by atoms with Crippen molar-refractivity contribution in [3.8, 4) is 11.4 Å². The maximum absolute atomic E-state index is 12.9. The van der Waals surface area contributed by atoms with Crippen LogP contribution in [0.2, 0.25) is 5.02 Å². The van der Waals surface area contributed by atoms with Crippen LogP contribution < -0.4 is 5.32 Å². The number of guanidine groups is 1. The Morgan fingerprint density at radius 1 is 1.30 bits per heavy atom. The lowest BCUT2D eigenvalue weighted by molar-refractivity contribution is -0.181. The SMILES string of the molecule is CCNC(=NCc1nc(-c2cccc(Cl)c2)no1)N1CCN(C(C)C(F)(F)F)CC1. The van der Waals surface area contributed by atoms with Gasteiger partial charge in [-0.2, -0.15) is 18.2 Å². The lowest BCUT2D eigenvalue weighted by Crippen LogP contribution is -2.56. The second kappa shape index (κ2) is 9.65. The molecule has 0 radical (unpaired) electrons. The van der Waals surface area contributed by atoms with E-state index in [1.807, 2.05) is 17.9 Å². The Balaban J connectivity index is 1.63. The van der Waals surface area contributed by atoms with E-state index in [0.717, 1.165) is 5.56 Å². The average molecular weight is 445 g/mol. The van der Waals surface area contributed by atoms with E-state index < -0.39 is 12.2 Å². The number of benzene rings is 1. The summed E-state index contributed by atoms with van der Waals surface area (Å²) in [5.41, 5.74) is 0.739. The number of aliphatic imine (C=N–C) groups is 1. The van der Waals surface area contributed by atoms with Crippen LogP contribution in [0.25, 0.3) is 11.4 Å². The highest BCUT2D eigenvalue weighted by molar-refractivity contribution is 6.30. The zero-order valence-corrected chi connectivity index (χ0v) is 17.5. The number of hydrogen-bond donors (Lipinski definition) is 1. The van der Waals surface area contributed by atoms with Crippen LogP contribution in [0.3, 0.4) is 0 Å². The molecule has 11 heteroatoms. The molecule has 0 spiro atoms. The normalized spacial score (nSPS) is 17.3. The van der Waals surface area contributed by atoms with E-state index in [-0.39, 0.29) is 6.54 Å². The van der Waals surface area contributed by atoms with Crippen LogP contribution in [0.5, 0.6) is 0 Å². The summed E-state index contributed by atoms with van der Waals surface area (Å²) in [6.07, 6.45) is -4.22. The molecule has 1 aliphatic rings. The van der Waals surface area contributed by atoms with Crippen molar-refractivity contribution in [2.75, 3.05) is 32.7 Å². The number of piperazine rings is 1. The minimum Gasteiger partial charge on any atom is -0.357 e. The van der Waals surface area contributed by atoms with E-state index in [1.54, 1.807) is 18.2 Å². The van der Waals surface area contributed by atoms with Crippen LogP contribution in [0, 0.1) is 0 Å². The molecule has 1 aromatic heterocycles. The molecule has 0 amide bonds. The topological polar surface area (TPSA) is 69.8 Å². The number of alkyl halides is 3. The molecule has 3 rings (SSSR count). The van der Waals surface area contributed by atoms with Gasteiger partial charge in [0.2, 0.25) is 11.7 Å². The predicted octanol–water partition coefficient (Wildman–Crippen LogP) is 3.42. The predicted molar refractivity (Wildman–Crippen MR) is 108 cm³/mol. The lowest BCUT2D eigenvalue weighted by Gasteiger charge is -2.39. The summed E-state index contributed by atoms with van der Waals surface area (Å²) in [4.78, 5) is 12.2. The number of nitrogens with zero attached hydrogens (tertiary/aromatic N) is 5. The Hall–Kier alpha value is -2.33. The first-order chi connectivity index (χ1) is 14.3. The van der Waals surface area contributed by atoms with Gasteiger partial charge in [0.25, 0.3) is 0 Å². The van der Waals surface area contributed by atoms with Crippen molar-refractivity contribution in [1.29, 1.82) is 0 Å². The first kappa shape index (κ1) is 22.4. The number of hydrogen-bond acceptors (Lipinski definition) is 5. The molecule has 1 unspecified atom stereocenters. The van der Waals surface area contributed by atoms with Crippen molar-refractivity contribution in [1.82, 2.24) is 25.3 Å². The summed E-state index contributed by atoms with van der Waals surface area (Å²) in [5, 5.41) is 7.70. The molecule has 1 aliphatic heterocycles. The molecule has 1 atom stereocenters. The highest BCUT2D eigenvalue weighted by Gasteiger charge is 2.41. The van der Waals surface area contributed by atoms with Gasteiger partial charge in [-0.25, -0.2) is 4.99 Å². The fraction of sp³-hybridized carbons (Fsp3) is 0.526. The minimum absolute atomic E-state index is 0.162. The van der Waals surface area contributed by atoms with Gasteiger partial charge in [0.05, 0.1) is 0 Å². The van der Waals surface area contributed by atoms with Gasteiger partial charge in [-0.3, -0.25) is 4.90 Å². The van der Waals surface area contributed by atoms with Gasteiger partial charge < -0.3 is 14.7 Å². The molecule has 2 heterocycles. The van der Waals surface area contributed by atoms with E-state index >= 15 is 0 Å². The van der Waals surface area contributed by atoms with Crippen LogP contribution in [-0.2, 0) is 6.54 Å². The van der Waals surface area contributed by atoms with Crippen molar-refractivity contribution in [2.45, 2.75) is 32.6 Å². The molecule has 0 aliphatic carbocycles. The largest absolute Gasteiger partial charge is 0.403 e. The number of rotatable bonds is 5. The molecular weight excluding hydrogens is 421 g/mol. The second-order valence-corrected chi connectivity index (χ2v) is 7.37. The second-order valence-electron chi connectivity index (χ2n) is 6.93. The Kier molecular flexibility index (Phi) is 7.19. The summed E-state index contributed by atoms with van der Waals surface area (Å²) in [5.74, 6) is 1.37. The third-order valence-electron chi connectivity index (χ3n) is 4.89. The quantitative estimate of drug-likeness (QED) is 0.563. The fourth-order valence-corrected chi connectivity index (χ4v) is 3.35. The monoisotopic (exact) mass is 444 g/mol. The first-order valence-electron chi connectivity index (χ1n) is 9.70. The Morgan fingerprint density at radius 3 is 2.67 bits per heavy atom. The number of aromatic nitrogens is 2. The van der Waals surface area contributed by atoms with Crippen LogP contribution in [0.15, 0.2) is 33.8 Å². The molecule has 1 aromatic carbocycles. The van der Waals surface area contributed by atoms with E-state index in [0.29, 0.717) is 55.4 Å².